The van der Waals surface area contributed by atoms with E-state index in [-0.39, 0.29) is 6.42 Å². The Kier molecular flexibility index (Phi) is 7.97. The zero-order chi connectivity index (χ0) is 14.8. The molecule has 0 fully saturated rings. The summed E-state index contributed by atoms with van der Waals surface area (Å²) in [5.74, 6) is 0.238. The van der Waals surface area contributed by atoms with E-state index in [0.29, 0.717) is 25.0 Å². The molecule has 0 radical (unpaired) electrons. The Balaban J connectivity index is 2.49. The number of carbonyl (C=O) groups is 1. The lowest BCUT2D eigenvalue weighted by molar-refractivity contribution is -0.138. The molecule has 0 saturated carbocycles. The summed E-state index contributed by atoms with van der Waals surface area (Å²) in [6.07, 6.45) is 3.43. The standard InChI is InChI=1S/C17H26O3/c1-3-7-14(2)16(13-20-11-10-17(18)19)12-15-8-5-4-6-9-15/h4-6,8-9,14,16H,3,7,10-13H2,1-2H3,(H,18,19). The van der Waals surface area contributed by atoms with Crippen molar-refractivity contribution in [2.75, 3.05) is 13.2 Å². The Labute approximate surface area is 122 Å². The van der Waals surface area contributed by atoms with Crippen molar-refractivity contribution in [3.05, 3.63) is 35.9 Å². The highest BCUT2D eigenvalue weighted by atomic mass is 16.5. The van der Waals surface area contributed by atoms with Crippen molar-refractivity contribution in [3.8, 4) is 0 Å². The lowest BCUT2D eigenvalue weighted by Crippen LogP contribution is -2.21. The van der Waals surface area contributed by atoms with E-state index >= 15 is 0 Å². The van der Waals surface area contributed by atoms with Crippen LogP contribution >= 0.6 is 0 Å². The number of rotatable bonds is 10. The van der Waals surface area contributed by atoms with Crippen LogP contribution in [-0.2, 0) is 16.0 Å². The average molecular weight is 278 g/mol. The Hall–Kier alpha value is -1.35. The second-order valence-corrected chi connectivity index (χ2v) is 5.43. The Morgan fingerprint density at radius 1 is 1.30 bits per heavy atom. The van der Waals surface area contributed by atoms with Crippen LogP contribution in [0.3, 0.4) is 0 Å². The van der Waals surface area contributed by atoms with E-state index in [1.54, 1.807) is 0 Å². The number of ether oxygens (including phenoxy) is 1. The predicted octanol–water partition coefficient (Wildman–Crippen LogP) is 3.77. The Morgan fingerprint density at radius 3 is 2.60 bits per heavy atom. The minimum absolute atomic E-state index is 0.0835. The molecule has 3 nitrogen and oxygen atoms in total. The molecule has 1 aromatic rings. The van der Waals surface area contributed by atoms with E-state index in [2.05, 4.69) is 38.1 Å². The summed E-state index contributed by atoms with van der Waals surface area (Å²) >= 11 is 0. The molecule has 0 saturated heterocycles. The van der Waals surface area contributed by atoms with Crippen LogP contribution in [-0.4, -0.2) is 24.3 Å². The highest BCUT2D eigenvalue weighted by molar-refractivity contribution is 5.66. The van der Waals surface area contributed by atoms with Crippen molar-refractivity contribution in [2.24, 2.45) is 11.8 Å². The van der Waals surface area contributed by atoms with E-state index in [9.17, 15) is 4.79 Å². The fourth-order valence-corrected chi connectivity index (χ4v) is 2.43. The lowest BCUT2D eigenvalue weighted by atomic mass is 9.86. The first-order valence-electron chi connectivity index (χ1n) is 7.47. The highest BCUT2D eigenvalue weighted by Gasteiger charge is 2.17. The smallest absolute Gasteiger partial charge is 0.305 e. The third kappa shape index (κ3) is 6.71. The van der Waals surface area contributed by atoms with Crippen LogP contribution in [0, 0.1) is 11.8 Å². The largest absolute Gasteiger partial charge is 0.481 e. The molecule has 0 aliphatic rings. The summed E-state index contributed by atoms with van der Waals surface area (Å²) in [6, 6.07) is 10.4. The molecule has 0 bridgehead atoms. The van der Waals surface area contributed by atoms with E-state index in [1.165, 1.54) is 18.4 Å². The third-order valence-electron chi connectivity index (χ3n) is 3.68. The van der Waals surface area contributed by atoms with E-state index in [4.69, 9.17) is 9.84 Å². The van der Waals surface area contributed by atoms with Gasteiger partial charge in [0.05, 0.1) is 13.0 Å². The van der Waals surface area contributed by atoms with Crippen LogP contribution in [0.15, 0.2) is 30.3 Å². The first-order valence-corrected chi connectivity index (χ1v) is 7.47. The summed E-state index contributed by atoms with van der Waals surface area (Å²) in [6.45, 7) is 5.40. The van der Waals surface area contributed by atoms with Crippen molar-refractivity contribution in [3.63, 3.8) is 0 Å². The molecule has 0 aliphatic carbocycles. The molecule has 1 N–H and O–H groups in total. The maximum Gasteiger partial charge on any atom is 0.305 e. The molecular formula is C17H26O3. The van der Waals surface area contributed by atoms with Gasteiger partial charge in [0, 0.05) is 6.61 Å². The normalized spacial score (nSPS) is 13.9. The van der Waals surface area contributed by atoms with Gasteiger partial charge in [0.25, 0.3) is 0 Å². The van der Waals surface area contributed by atoms with Gasteiger partial charge in [-0.3, -0.25) is 4.79 Å². The average Bonchev–Trinajstić information content (AvgIpc) is 2.43. The second-order valence-electron chi connectivity index (χ2n) is 5.43. The molecule has 0 heterocycles. The monoisotopic (exact) mass is 278 g/mol. The summed E-state index contributed by atoms with van der Waals surface area (Å²) in [7, 11) is 0. The molecule has 112 valence electrons. The summed E-state index contributed by atoms with van der Waals surface area (Å²) in [5, 5.41) is 8.63. The summed E-state index contributed by atoms with van der Waals surface area (Å²) in [4.78, 5) is 10.5. The molecule has 20 heavy (non-hydrogen) atoms. The summed E-state index contributed by atoms with van der Waals surface area (Å²) < 4.78 is 5.57. The molecular weight excluding hydrogens is 252 g/mol. The quantitative estimate of drug-likeness (QED) is 0.663. The van der Waals surface area contributed by atoms with Crippen molar-refractivity contribution in [2.45, 2.75) is 39.5 Å². The fraction of sp³-hybridized carbons (Fsp3) is 0.588. The molecule has 3 heteroatoms. The van der Waals surface area contributed by atoms with Crippen LogP contribution in [0.25, 0.3) is 0 Å². The van der Waals surface area contributed by atoms with Gasteiger partial charge in [-0.15, -0.1) is 0 Å². The van der Waals surface area contributed by atoms with E-state index < -0.39 is 5.97 Å². The van der Waals surface area contributed by atoms with Gasteiger partial charge in [-0.05, 0) is 23.8 Å². The number of aliphatic carboxylic acids is 1. The van der Waals surface area contributed by atoms with Crippen LogP contribution in [0.2, 0.25) is 0 Å². The number of hydrogen-bond acceptors (Lipinski definition) is 2. The van der Waals surface area contributed by atoms with Crippen LogP contribution in [0.1, 0.15) is 38.7 Å². The zero-order valence-electron chi connectivity index (χ0n) is 12.5. The highest BCUT2D eigenvalue weighted by Crippen LogP contribution is 2.22. The van der Waals surface area contributed by atoms with Gasteiger partial charge in [0.1, 0.15) is 0 Å². The van der Waals surface area contributed by atoms with Gasteiger partial charge in [0.2, 0.25) is 0 Å². The van der Waals surface area contributed by atoms with E-state index in [0.717, 1.165) is 6.42 Å². The van der Waals surface area contributed by atoms with Gasteiger partial charge in [0.15, 0.2) is 0 Å². The minimum atomic E-state index is -0.800. The van der Waals surface area contributed by atoms with Gasteiger partial charge in [-0.2, -0.15) is 0 Å². The molecule has 2 unspecified atom stereocenters. The van der Waals surface area contributed by atoms with Gasteiger partial charge < -0.3 is 9.84 Å². The topological polar surface area (TPSA) is 46.5 Å². The molecule has 2 atom stereocenters. The minimum Gasteiger partial charge on any atom is -0.481 e. The van der Waals surface area contributed by atoms with Crippen molar-refractivity contribution < 1.29 is 14.6 Å². The van der Waals surface area contributed by atoms with Gasteiger partial charge >= 0.3 is 5.97 Å². The summed E-state index contributed by atoms with van der Waals surface area (Å²) in [5.41, 5.74) is 1.32. The van der Waals surface area contributed by atoms with Crippen molar-refractivity contribution in [1.82, 2.24) is 0 Å². The molecule has 1 aromatic carbocycles. The SMILES string of the molecule is CCCC(C)C(COCCC(=O)O)Cc1ccccc1. The first-order chi connectivity index (χ1) is 9.63. The molecule has 1 rings (SSSR count). The third-order valence-corrected chi connectivity index (χ3v) is 3.68. The van der Waals surface area contributed by atoms with Gasteiger partial charge in [-0.1, -0.05) is 57.0 Å². The van der Waals surface area contributed by atoms with Crippen LogP contribution < -0.4 is 0 Å². The van der Waals surface area contributed by atoms with Crippen molar-refractivity contribution >= 4 is 5.97 Å². The zero-order valence-corrected chi connectivity index (χ0v) is 12.5. The van der Waals surface area contributed by atoms with Crippen LogP contribution in [0.5, 0.6) is 0 Å². The molecule has 0 spiro atoms. The predicted molar refractivity (Wildman–Crippen MR) is 80.8 cm³/mol. The molecule has 0 amide bonds. The number of carboxylic acids is 1. The Morgan fingerprint density at radius 2 is 2.00 bits per heavy atom. The maximum absolute atomic E-state index is 10.5. The number of benzene rings is 1. The van der Waals surface area contributed by atoms with Crippen LogP contribution in [0.4, 0.5) is 0 Å². The fourth-order valence-electron chi connectivity index (χ4n) is 2.43. The maximum atomic E-state index is 10.5. The molecule has 0 aliphatic heterocycles. The molecule has 0 aromatic heterocycles. The lowest BCUT2D eigenvalue weighted by Gasteiger charge is -2.24. The number of carboxylic acid groups (broad SMARTS) is 1. The van der Waals surface area contributed by atoms with Crippen molar-refractivity contribution in [1.29, 1.82) is 0 Å². The Bertz CT molecular complexity index is 375. The van der Waals surface area contributed by atoms with Gasteiger partial charge in [-0.25, -0.2) is 0 Å². The van der Waals surface area contributed by atoms with E-state index in [1.807, 2.05) is 6.07 Å². The number of hydrogen-bond donors (Lipinski definition) is 1. The first kappa shape index (κ1) is 16.7. The second kappa shape index (κ2) is 9.54.